The molecule has 27 atom stereocenters. The number of carbonyl (C=O) groups excluding carboxylic acids is 12. The van der Waals surface area contributed by atoms with E-state index in [2.05, 4.69) is 6.92 Å². The molecule has 644 valence electrons. The number of hydrogen-bond acceptors (Lipinski definition) is 34. The first kappa shape index (κ1) is 95.1. The summed E-state index contributed by atoms with van der Waals surface area (Å²) >= 11 is 0. The van der Waals surface area contributed by atoms with Crippen LogP contribution in [0.4, 0.5) is 0 Å². The van der Waals surface area contributed by atoms with Gasteiger partial charge in [0.25, 0.3) is 0 Å². The van der Waals surface area contributed by atoms with Crippen molar-refractivity contribution in [1.82, 2.24) is 0 Å². The second-order valence-electron chi connectivity index (χ2n) is 29.9. The Kier molecular flexibility index (Phi) is 39.9. The summed E-state index contributed by atoms with van der Waals surface area (Å²) in [7, 11) is 0. The average molecular weight is 1620 g/mol. The zero-order valence-electron chi connectivity index (χ0n) is 68.7. The Morgan fingerprint density at radius 1 is 0.372 bits per heavy atom. The smallest absolute Gasteiger partial charge is 0.309 e. The van der Waals surface area contributed by atoms with Gasteiger partial charge in [-0.05, 0) is 59.8 Å². The van der Waals surface area contributed by atoms with Gasteiger partial charge in [-0.1, -0.05) is 124 Å². The first-order chi connectivity index (χ1) is 53.6. The van der Waals surface area contributed by atoms with Crippen molar-refractivity contribution in [3.63, 3.8) is 0 Å². The lowest BCUT2D eigenvalue weighted by Gasteiger charge is -2.52. The van der Waals surface area contributed by atoms with Crippen LogP contribution in [0.25, 0.3) is 0 Å². The highest BCUT2D eigenvalue weighted by Crippen LogP contribution is 2.42. The molecule has 34 nitrogen and oxygen atoms in total. The van der Waals surface area contributed by atoms with Crippen LogP contribution in [0, 0.1) is 5.92 Å². The quantitative estimate of drug-likeness (QED) is 0.0345. The van der Waals surface area contributed by atoms with Gasteiger partial charge in [-0.25, -0.2) is 0 Å². The van der Waals surface area contributed by atoms with Crippen LogP contribution in [0.1, 0.15) is 259 Å². The van der Waals surface area contributed by atoms with Crippen molar-refractivity contribution >= 4 is 71.6 Å². The van der Waals surface area contributed by atoms with Gasteiger partial charge in [0.15, 0.2) is 105 Å². The molecular weight excluding hydrogens is 1490 g/mol. The first-order valence-electron chi connectivity index (χ1n) is 40.3. The number of hydrogen-bond donors (Lipinski definition) is 0. The van der Waals surface area contributed by atoms with Crippen molar-refractivity contribution < 1.29 is 162 Å². The van der Waals surface area contributed by atoms with Crippen molar-refractivity contribution in [3.8, 4) is 0 Å². The Hall–Kier alpha value is -6.76. The lowest BCUT2D eigenvalue weighted by Crippen LogP contribution is -2.69. The molecule has 0 spiro atoms. The Balaban J connectivity index is 1.61. The number of unbranched alkanes of at least 4 members (excludes halogenated alkanes) is 8. The molecule has 6 aliphatic heterocycles. The molecule has 0 unspecified atom stereocenters. The predicted molar refractivity (Wildman–Crippen MR) is 389 cm³/mol. The summed E-state index contributed by atoms with van der Waals surface area (Å²) in [5, 5.41) is 0. The summed E-state index contributed by atoms with van der Waals surface area (Å²) in [5.41, 5.74) is 0. The maximum absolute atomic E-state index is 15.1. The molecule has 34 heteroatoms. The molecule has 0 saturated carbocycles. The molecule has 0 aromatic carbocycles. The van der Waals surface area contributed by atoms with Gasteiger partial charge in [0.1, 0.15) is 31.0 Å². The van der Waals surface area contributed by atoms with Crippen molar-refractivity contribution in [2.45, 2.75) is 419 Å². The fourth-order valence-corrected chi connectivity index (χ4v) is 14.7. The minimum absolute atomic E-state index is 0.163. The van der Waals surface area contributed by atoms with Gasteiger partial charge in [-0.3, -0.25) is 57.5 Å². The van der Waals surface area contributed by atoms with E-state index in [1.165, 1.54) is 20.8 Å². The highest BCUT2D eigenvalue weighted by atomic mass is 16.8. The van der Waals surface area contributed by atoms with Gasteiger partial charge in [-0.2, -0.15) is 0 Å². The number of fused-ring (bicyclic) bond motifs is 2. The van der Waals surface area contributed by atoms with Crippen molar-refractivity contribution in [1.29, 1.82) is 0 Å². The Morgan fingerprint density at radius 2 is 0.770 bits per heavy atom. The summed E-state index contributed by atoms with van der Waals surface area (Å²) in [6.07, 6.45) is -28.1. The third-order valence-corrected chi connectivity index (χ3v) is 20.2. The zero-order valence-corrected chi connectivity index (χ0v) is 68.7. The van der Waals surface area contributed by atoms with Gasteiger partial charge in [0.2, 0.25) is 0 Å². The predicted octanol–water partition coefficient (Wildman–Crippen LogP) is 8.66. The van der Waals surface area contributed by atoms with E-state index in [0.717, 1.165) is 139 Å². The minimum Gasteiger partial charge on any atom is -0.463 e. The van der Waals surface area contributed by atoms with Crippen LogP contribution in [0.5, 0.6) is 0 Å². The fraction of sp³-hybridized carbons (Fsp3) is 0.848. The second kappa shape index (κ2) is 47.5. The number of ether oxygens (including phenoxy) is 22. The Bertz CT molecular complexity index is 3070. The standard InChI is InChI=1S/C79H124O34/c1-18-21-22-23-24-25-28-31-34-39-58(90)108-72-67(112-79-70(104-54(17)88)68(102-52(15)86)63(98-48(11)82)56(106-79)40-92-46(9)80)62(111-76-69(103-53(16)87)65(100-50(13)84)60(43(6)94-76)109-74(91)41(4)20-3)45(8)95-77(72)110-61-44(7)96-78-71(66(61)101-51(14)85)107-57(89)38-35-32-29-26-27-30-33-37-55(36-19-2)105-75-73(113-78)64(99-49(12)83)59(42(5)93-75)97-47(10)81/h41-45,55-56,59-73,75-79H,18-40H2,1-17H3/t41-,42+,43-,44-,45-,55-,56+,59+,60-,61-,62-,63+,64-,65+,66+,67+,68-,69+,70+,71+,72+,73+,75-,76-,77-,78-,79-/m0/s1. The number of carbonyl (C=O) groups is 12. The van der Waals surface area contributed by atoms with E-state index in [1.54, 1.807) is 20.8 Å². The van der Waals surface area contributed by atoms with E-state index < -0.39 is 244 Å². The van der Waals surface area contributed by atoms with E-state index in [1.807, 2.05) is 6.92 Å². The molecule has 6 aliphatic rings. The van der Waals surface area contributed by atoms with Crippen LogP contribution in [0.15, 0.2) is 0 Å². The van der Waals surface area contributed by atoms with Crippen LogP contribution in [-0.2, 0) is 162 Å². The SMILES string of the molecule is CCCCCCCCCCCC(=O)O[C@H]1[C@H](O[C@@H]2[C@@H](OC(C)=O)[C@H]3OC(=O)CCCCCCCCC[C@H](CCC)O[C@@H]4O[C@H](C)[C@@H](OC(C)=O)[C@H](OC(C)=O)[C@H]4O[C@@H]3O[C@H]2C)O[C@@H](C)[C@H](O[C@@H]2O[C@@H](C)[C@H](OC(=O)[C@@H](C)CC)[C@@H](OC(C)=O)[C@H]2OC(C)=O)[C@H]1O[C@@H]1O[C@H](COC(C)=O)[C@@H](OC(C)=O)[C@H](OC(C)=O)[C@H]1OC(C)=O. The first-order valence-corrected chi connectivity index (χ1v) is 40.3. The van der Waals surface area contributed by atoms with Gasteiger partial charge in [0.05, 0.1) is 36.4 Å². The minimum atomic E-state index is -2.12. The number of esters is 12. The summed E-state index contributed by atoms with van der Waals surface area (Å²) < 4.78 is 140. The molecule has 0 aliphatic carbocycles. The van der Waals surface area contributed by atoms with E-state index in [-0.39, 0.29) is 19.3 Å². The third kappa shape index (κ3) is 29.7. The number of rotatable bonds is 32. The summed E-state index contributed by atoms with van der Waals surface area (Å²) in [6.45, 7) is 22.3. The molecule has 0 aromatic rings. The molecular formula is C79H124O34. The maximum atomic E-state index is 15.1. The van der Waals surface area contributed by atoms with Crippen molar-refractivity contribution in [3.05, 3.63) is 0 Å². The summed E-state index contributed by atoms with van der Waals surface area (Å²) in [5.74, 6) is -11.4. The topological polar surface area (TPSA) is 408 Å². The van der Waals surface area contributed by atoms with E-state index in [4.69, 9.17) is 104 Å². The average Bonchev–Trinajstić information content (AvgIpc) is 0.757. The van der Waals surface area contributed by atoms with Crippen LogP contribution in [0.2, 0.25) is 0 Å². The summed E-state index contributed by atoms with van der Waals surface area (Å²) in [6, 6.07) is 0. The lowest BCUT2D eigenvalue weighted by molar-refractivity contribution is -0.400. The fourth-order valence-electron chi connectivity index (χ4n) is 14.7. The molecule has 0 amide bonds. The van der Waals surface area contributed by atoms with Crippen LogP contribution in [-0.4, -0.2) is 238 Å². The molecule has 6 heterocycles. The van der Waals surface area contributed by atoms with Crippen molar-refractivity contribution in [2.24, 2.45) is 5.92 Å². The lowest BCUT2D eigenvalue weighted by atomic mass is 9.94. The highest BCUT2D eigenvalue weighted by Gasteiger charge is 2.62. The highest BCUT2D eigenvalue weighted by molar-refractivity contribution is 5.73. The van der Waals surface area contributed by atoms with Crippen LogP contribution >= 0.6 is 0 Å². The Labute approximate surface area is 662 Å². The van der Waals surface area contributed by atoms with E-state index in [9.17, 15) is 52.7 Å². The molecule has 6 saturated heterocycles. The van der Waals surface area contributed by atoms with Crippen LogP contribution < -0.4 is 0 Å². The normalized spacial score (nSPS) is 34.2. The molecule has 0 aromatic heterocycles. The van der Waals surface area contributed by atoms with E-state index in [0.29, 0.717) is 44.9 Å². The Morgan fingerprint density at radius 3 is 1.29 bits per heavy atom. The van der Waals surface area contributed by atoms with Gasteiger partial charge in [0, 0.05) is 75.2 Å². The van der Waals surface area contributed by atoms with Crippen molar-refractivity contribution in [2.75, 3.05) is 6.61 Å². The van der Waals surface area contributed by atoms with Gasteiger partial charge < -0.3 is 104 Å². The molecule has 0 bridgehead atoms. The molecule has 0 N–H and O–H groups in total. The molecule has 0 radical (unpaired) electrons. The molecule has 6 fully saturated rings. The zero-order chi connectivity index (χ0) is 83.3. The van der Waals surface area contributed by atoms with Gasteiger partial charge in [-0.15, -0.1) is 0 Å². The maximum Gasteiger partial charge on any atom is 0.309 e. The summed E-state index contributed by atoms with van der Waals surface area (Å²) in [4.78, 5) is 163. The largest absolute Gasteiger partial charge is 0.463 e. The third-order valence-electron chi connectivity index (χ3n) is 20.2. The molecule has 113 heavy (non-hydrogen) atoms. The van der Waals surface area contributed by atoms with Crippen LogP contribution in [0.3, 0.4) is 0 Å². The monoisotopic (exact) mass is 1620 g/mol. The molecule has 6 rings (SSSR count). The van der Waals surface area contributed by atoms with E-state index >= 15 is 4.79 Å². The van der Waals surface area contributed by atoms with Gasteiger partial charge >= 0.3 is 71.6 Å². The second-order valence-corrected chi connectivity index (χ2v) is 29.9.